The minimum Gasteiger partial charge on any atom is -0.491 e. The smallest absolute Gasteiger partial charge is 0.157 e. The average molecular weight is 286 g/mol. The number of hydrogen-bond acceptors (Lipinski definition) is 4. The minimum absolute atomic E-state index is 0.670. The third-order valence-corrected chi connectivity index (χ3v) is 3.60. The molecule has 0 aliphatic carbocycles. The highest BCUT2D eigenvalue weighted by molar-refractivity contribution is 7.16. The predicted octanol–water partition coefficient (Wildman–Crippen LogP) is 2.79. The van der Waals surface area contributed by atoms with Crippen LogP contribution in [0.3, 0.4) is 0 Å². The monoisotopic (exact) mass is 285 g/mol. The molecule has 0 bridgehead atoms. The van der Waals surface area contributed by atoms with Gasteiger partial charge in [-0.3, -0.25) is 4.68 Å². The second kappa shape index (κ2) is 6.78. The summed E-state index contributed by atoms with van der Waals surface area (Å²) >= 11 is 7.47. The van der Waals surface area contributed by atoms with Crippen LogP contribution >= 0.6 is 22.9 Å². The van der Waals surface area contributed by atoms with Crippen molar-refractivity contribution in [3.05, 3.63) is 33.7 Å². The van der Waals surface area contributed by atoms with E-state index in [0.29, 0.717) is 6.61 Å². The molecule has 0 atom stereocenters. The van der Waals surface area contributed by atoms with Gasteiger partial charge in [-0.25, -0.2) is 0 Å². The number of hydrogen-bond donors (Lipinski definition) is 1. The van der Waals surface area contributed by atoms with Crippen molar-refractivity contribution in [1.82, 2.24) is 15.1 Å². The van der Waals surface area contributed by atoms with Gasteiger partial charge in [0.2, 0.25) is 0 Å². The molecule has 0 aliphatic heterocycles. The van der Waals surface area contributed by atoms with Crippen molar-refractivity contribution in [3.63, 3.8) is 0 Å². The lowest BCUT2D eigenvalue weighted by atomic mass is 10.4. The van der Waals surface area contributed by atoms with Crippen LogP contribution in [0, 0.1) is 0 Å². The van der Waals surface area contributed by atoms with E-state index in [-0.39, 0.29) is 0 Å². The van der Waals surface area contributed by atoms with Gasteiger partial charge in [0.05, 0.1) is 29.9 Å². The zero-order chi connectivity index (χ0) is 12.8. The molecule has 18 heavy (non-hydrogen) atoms. The zero-order valence-corrected chi connectivity index (χ0v) is 11.8. The Labute approximate surface area is 116 Å². The zero-order valence-electron chi connectivity index (χ0n) is 10.2. The van der Waals surface area contributed by atoms with Crippen molar-refractivity contribution in [2.24, 2.45) is 0 Å². The van der Waals surface area contributed by atoms with Crippen molar-refractivity contribution >= 4 is 22.9 Å². The van der Waals surface area contributed by atoms with Crippen molar-refractivity contribution < 1.29 is 4.74 Å². The maximum absolute atomic E-state index is 5.86. The maximum atomic E-state index is 5.86. The van der Waals surface area contributed by atoms with Crippen LogP contribution in [-0.4, -0.2) is 22.9 Å². The van der Waals surface area contributed by atoms with Gasteiger partial charge in [-0.15, -0.1) is 11.3 Å². The van der Waals surface area contributed by atoms with E-state index in [0.717, 1.165) is 29.7 Å². The van der Waals surface area contributed by atoms with E-state index in [1.165, 1.54) is 4.88 Å². The molecule has 2 heterocycles. The molecular formula is C12H16ClN3OS. The Morgan fingerprint density at radius 2 is 2.39 bits per heavy atom. The number of aromatic nitrogens is 2. The van der Waals surface area contributed by atoms with Crippen LogP contribution in [0.5, 0.6) is 5.75 Å². The summed E-state index contributed by atoms with van der Waals surface area (Å²) in [5.74, 6) is 0.822. The van der Waals surface area contributed by atoms with Crippen LogP contribution in [0.2, 0.25) is 4.34 Å². The summed E-state index contributed by atoms with van der Waals surface area (Å²) in [4.78, 5) is 1.25. The van der Waals surface area contributed by atoms with Crippen molar-refractivity contribution in [3.8, 4) is 5.75 Å². The lowest BCUT2D eigenvalue weighted by Crippen LogP contribution is -2.19. The van der Waals surface area contributed by atoms with Crippen LogP contribution in [0.25, 0.3) is 0 Å². The second-order valence-electron chi connectivity index (χ2n) is 3.75. The maximum Gasteiger partial charge on any atom is 0.157 e. The average Bonchev–Trinajstić information content (AvgIpc) is 2.95. The first-order chi connectivity index (χ1) is 8.78. The van der Waals surface area contributed by atoms with Gasteiger partial charge in [0, 0.05) is 18.0 Å². The third kappa shape index (κ3) is 4.01. The molecule has 0 amide bonds. The van der Waals surface area contributed by atoms with E-state index in [1.54, 1.807) is 17.5 Å². The molecule has 0 unspecified atom stereocenters. The first kappa shape index (κ1) is 13.4. The van der Waals surface area contributed by atoms with Crippen molar-refractivity contribution in [2.75, 3.05) is 13.2 Å². The Morgan fingerprint density at radius 1 is 1.50 bits per heavy atom. The summed E-state index contributed by atoms with van der Waals surface area (Å²) in [5, 5.41) is 7.57. The molecule has 0 spiro atoms. The fraction of sp³-hybridized carbons (Fsp3) is 0.417. The van der Waals surface area contributed by atoms with Gasteiger partial charge in [-0.2, -0.15) is 5.10 Å². The number of ether oxygens (including phenoxy) is 1. The Hall–Kier alpha value is -1.04. The SMILES string of the molecule is CCOc1cnn(CCNCc2ccc(Cl)s2)c1. The molecule has 2 aromatic rings. The molecule has 0 radical (unpaired) electrons. The van der Waals surface area contributed by atoms with Gasteiger partial charge in [-0.05, 0) is 19.1 Å². The van der Waals surface area contributed by atoms with E-state index >= 15 is 0 Å². The highest BCUT2D eigenvalue weighted by Crippen LogP contribution is 2.20. The summed E-state index contributed by atoms with van der Waals surface area (Å²) in [6, 6.07) is 3.96. The summed E-state index contributed by atoms with van der Waals surface area (Å²) in [6.45, 7) is 5.17. The van der Waals surface area contributed by atoms with E-state index in [9.17, 15) is 0 Å². The van der Waals surface area contributed by atoms with Crippen LogP contribution in [0.4, 0.5) is 0 Å². The largest absolute Gasteiger partial charge is 0.491 e. The van der Waals surface area contributed by atoms with Gasteiger partial charge >= 0.3 is 0 Å². The summed E-state index contributed by atoms with van der Waals surface area (Å²) in [6.07, 6.45) is 3.65. The van der Waals surface area contributed by atoms with Crippen LogP contribution in [0.15, 0.2) is 24.5 Å². The highest BCUT2D eigenvalue weighted by Gasteiger charge is 1.99. The number of halogens is 1. The lowest BCUT2D eigenvalue weighted by molar-refractivity contribution is 0.339. The minimum atomic E-state index is 0.670. The molecular weight excluding hydrogens is 270 g/mol. The van der Waals surface area contributed by atoms with Gasteiger partial charge in [-0.1, -0.05) is 11.6 Å². The van der Waals surface area contributed by atoms with E-state index < -0.39 is 0 Å². The van der Waals surface area contributed by atoms with Gasteiger partial charge in [0.15, 0.2) is 5.75 Å². The topological polar surface area (TPSA) is 39.1 Å². The molecule has 0 aliphatic rings. The number of rotatable bonds is 7. The van der Waals surface area contributed by atoms with Crippen LogP contribution < -0.4 is 10.1 Å². The van der Waals surface area contributed by atoms with Crippen molar-refractivity contribution in [2.45, 2.75) is 20.0 Å². The molecule has 2 rings (SSSR count). The van der Waals surface area contributed by atoms with Crippen molar-refractivity contribution in [1.29, 1.82) is 0 Å². The van der Waals surface area contributed by atoms with E-state index in [1.807, 2.05) is 29.9 Å². The first-order valence-electron chi connectivity index (χ1n) is 5.88. The van der Waals surface area contributed by atoms with Gasteiger partial charge < -0.3 is 10.1 Å². The summed E-state index contributed by atoms with van der Waals surface area (Å²) < 4.78 is 8.06. The normalized spacial score (nSPS) is 10.8. The Bertz CT molecular complexity index is 483. The second-order valence-corrected chi connectivity index (χ2v) is 5.55. The predicted molar refractivity (Wildman–Crippen MR) is 74.4 cm³/mol. The molecule has 0 fully saturated rings. The highest BCUT2D eigenvalue weighted by atomic mass is 35.5. The standard InChI is InChI=1S/C12H16ClN3OS/c1-2-17-10-7-15-16(9-10)6-5-14-8-11-3-4-12(13)18-11/h3-4,7,9,14H,2,5-6,8H2,1H3. The third-order valence-electron chi connectivity index (χ3n) is 2.37. The van der Waals surface area contributed by atoms with Crippen LogP contribution in [0.1, 0.15) is 11.8 Å². The Kier molecular flexibility index (Phi) is 5.04. The van der Waals surface area contributed by atoms with Gasteiger partial charge in [0.25, 0.3) is 0 Å². The molecule has 0 saturated heterocycles. The number of nitrogens with one attached hydrogen (secondary N) is 1. The first-order valence-corrected chi connectivity index (χ1v) is 7.07. The molecule has 1 N–H and O–H groups in total. The Morgan fingerprint density at radius 3 is 3.11 bits per heavy atom. The van der Waals surface area contributed by atoms with Crippen LogP contribution in [-0.2, 0) is 13.1 Å². The quantitative estimate of drug-likeness (QED) is 0.795. The molecule has 4 nitrogen and oxygen atoms in total. The molecule has 6 heteroatoms. The molecule has 0 saturated carbocycles. The Balaban J connectivity index is 1.68. The lowest BCUT2D eigenvalue weighted by Gasteiger charge is -2.03. The summed E-state index contributed by atoms with van der Waals surface area (Å²) in [5.41, 5.74) is 0. The van der Waals surface area contributed by atoms with Gasteiger partial charge in [0.1, 0.15) is 0 Å². The van der Waals surface area contributed by atoms with E-state index in [2.05, 4.69) is 10.4 Å². The molecule has 0 aromatic carbocycles. The fourth-order valence-corrected chi connectivity index (χ4v) is 2.62. The summed E-state index contributed by atoms with van der Waals surface area (Å²) in [7, 11) is 0. The molecule has 98 valence electrons. The van der Waals surface area contributed by atoms with E-state index in [4.69, 9.17) is 16.3 Å². The molecule has 2 aromatic heterocycles. The fourth-order valence-electron chi connectivity index (χ4n) is 1.56. The number of thiophene rings is 1. The number of nitrogens with zero attached hydrogens (tertiary/aromatic N) is 2.